The van der Waals surface area contributed by atoms with Crippen molar-refractivity contribution in [3.63, 3.8) is 0 Å². The first-order chi connectivity index (χ1) is 7.15. The molecule has 0 bridgehead atoms. The van der Waals surface area contributed by atoms with Crippen molar-refractivity contribution in [1.29, 1.82) is 0 Å². The summed E-state index contributed by atoms with van der Waals surface area (Å²) in [5, 5.41) is 19.3. The number of carbonyl (C=O) groups is 1. The van der Waals surface area contributed by atoms with E-state index in [0.717, 1.165) is 12.8 Å². The number of aliphatic hydroxyl groups is 2. The Hall–Kier alpha value is -0.870. The second-order valence-electron chi connectivity index (χ2n) is 3.81. The van der Waals surface area contributed by atoms with Crippen LogP contribution in [0.3, 0.4) is 0 Å². The Kier molecular flexibility index (Phi) is 4.78. The fourth-order valence-corrected chi connectivity index (χ4v) is 1.58. The molecule has 1 aliphatic rings. The Morgan fingerprint density at radius 2 is 2.33 bits per heavy atom. The summed E-state index contributed by atoms with van der Waals surface area (Å²) in [5.74, 6) is -0.451. The highest BCUT2D eigenvalue weighted by Crippen LogP contribution is 2.16. The van der Waals surface area contributed by atoms with Crippen LogP contribution in [0.15, 0.2) is 12.2 Å². The van der Waals surface area contributed by atoms with E-state index in [-0.39, 0.29) is 0 Å². The SMILES string of the molecule is CCCC[C@@H](O)[C@@H](O)[C@H]1CC=CC(=O)O1. The van der Waals surface area contributed by atoms with Crippen molar-refractivity contribution in [1.82, 2.24) is 0 Å². The quantitative estimate of drug-likeness (QED) is 0.663. The number of hydrogen-bond acceptors (Lipinski definition) is 4. The topological polar surface area (TPSA) is 66.8 Å². The average Bonchev–Trinajstić information content (AvgIpc) is 2.24. The first-order valence-electron chi connectivity index (χ1n) is 5.38. The molecule has 4 heteroatoms. The Morgan fingerprint density at radius 3 is 2.93 bits per heavy atom. The van der Waals surface area contributed by atoms with E-state index in [4.69, 9.17) is 4.74 Å². The van der Waals surface area contributed by atoms with Crippen LogP contribution < -0.4 is 0 Å². The first-order valence-corrected chi connectivity index (χ1v) is 5.38. The van der Waals surface area contributed by atoms with Crippen LogP contribution in [0.1, 0.15) is 32.6 Å². The Morgan fingerprint density at radius 1 is 1.60 bits per heavy atom. The van der Waals surface area contributed by atoms with E-state index in [1.165, 1.54) is 6.08 Å². The van der Waals surface area contributed by atoms with Gasteiger partial charge in [0.25, 0.3) is 0 Å². The van der Waals surface area contributed by atoms with Gasteiger partial charge in [-0.05, 0) is 6.42 Å². The van der Waals surface area contributed by atoms with Crippen molar-refractivity contribution in [2.24, 2.45) is 0 Å². The third-order valence-corrected chi connectivity index (χ3v) is 2.52. The van der Waals surface area contributed by atoms with E-state index in [1.54, 1.807) is 6.08 Å². The number of rotatable bonds is 5. The number of ether oxygens (including phenoxy) is 1. The lowest BCUT2D eigenvalue weighted by atomic mass is 9.99. The highest BCUT2D eigenvalue weighted by atomic mass is 16.6. The van der Waals surface area contributed by atoms with E-state index in [2.05, 4.69) is 0 Å². The van der Waals surface area contributed by atoms with Gasteiger partial charge in [-0.2, -0.15) is 0 Å². The predicted molar refractivity (Wildman–Crippen MR) is 55.2 cm³/mol. The molecule has 0 aromatic heterocycles. The highest BCUT2D eigenvalue weighted by Gasteiger charge is 2.29. The summed E-state index contributed by atoms with van der Waals surface area (Å²) in [6, 6.07) is 0. The average molecular weight is 214 g/mol. The van der Waals surface area contributed by atoms with Gasteiger partial charge in [-0.25, -0.2) is 4.79 Å². The fourth-order valence-electron chi connectivity index (χ4n) is 1.58. The molecule has 2 N–H and O–H groups in total. The van der Waals surface area contributed by atoms with Crippen LogP contribution in [0.5, 0.6) is 0 Å². The minimum Gasteiger partial charge on any atom is -0.456 e. The number of unbranched alkanes of at least 4 members (excludes halogenated alkanes) is 1. The van der Waals surface area contributed by atoms with Gasteiger partial charge in [-0.3, -0.25) is 0 Å². The van der Waals surface area contributed by atoms with Crippen molar-refractivity contribution >= 4 is 5.97 Å². The van der Waals surface area contributed by atoms with Crippen LogP contribution in [-0.2, 0) is 9.53 Å². The Labute approximate surface area is 89.6 Å². The van der Waals surface area contributed by atoms with Crippen LogP contribution in [0.2, 0.25) is 0 Å². The number of hydrogen-bond donors (Lipinski definition) is 2. The largest absolute Gasteiger partial charge is 0.456 e. The molecule has 0 aliphatic carbocycles. The summed E-state index contributed by atoms with van der Waals surface area (Å²) in [6.07, 6.45) is 3.43. The van der Waals surface area contributed by atoms with Gasteiger partial charge in [-0.1, -0.05) is 25.8 Å². The summed E-state index contributed by atoms with van der Waals surface area (Å²) in [4.78, 5) is 10.9. The van der Waals surface area contributed by atoms with Crippen LogP contribution in [0.25, 0.3) is 0 Å². The molecule has 0 spiro atoms. The van der Waals surface area contributed by atoms with Gasteiger partial charge in [0.1, 0.15) is 12.2 Å². The number of aliphatic hydroxyl groups excluding tert-OH is 2. The van der Waals surface area contributed by atoms with Gasteiger partial charge < -0.3 is 14.9 Å². The standard InChI is InChI=1S/C11H18O4/c1-2-3-5-8(12)11(14)9-6-4-7-10(13)15-9/h4,7-9,11-12,14H,2-3,5-6H2,1H3/t8-,9-,11-/m1/s1. The zero-order valence-electron chi connectivity index (χ0n) is 8.93. The second-order valence-corrected chi connectivity index (χ2v) is 3.81. The van der Waals surface area contributed by atoms with Gasteiger partial charge >= 0.3 is 5.97 Å². The molecule has 86 valence electrons. The van der Waals surface area contributed by atoms with Crippen LogP contribution >= 0.6 is 0 Å². The monoisotopic (exact) mass is 214 g/mol. The van der Waals surface area contributed by atoms with Crippen LogP contribution in [0.4, 0.5) is 0 Å². The first kappa shape index (κ1) is 12.2. The van der Waals surface area contributed by atoms with Crippen LogP contribution in [0, 0.1) is 0 Å². The molecule has 0 amide bonds. The molecule has 0 radical (unpaired) electrons. The third-order valence-electron chi connectivity index (χ3n) is 2.52. The van der Waals surface area contributed by atoms with Crippen molar-refractivity contribution in [3.8, 4) is 0 Å². The minimum absolute atomic E-state index is 0.451. The Balaban J connectivity index is 2.41. The summed E-state index contributed by atoms with van der Waals surface area (Å²) in [7, 11) is 0. The van der Waals surface area contributed by atoms with Crippen LogP contribution in [-0.4, -0.2) is 34.5 Å². The summed E-state index contributed by atoms with van der Waals surface area (Å²) >= 11 is 0. The lowest BCUT2D eigenvalue weighted by Gasteiger charge is -2.27. The van der Waals surface area contributed by atoms with Crippen molar-refractivity contribution in [3.05, 3.63) is 12.2 Å². The molecule has 3 atom stereocenters. The summed E-state index contributed by atoms with van der Waals surface area (Å²) in [5.41, 5.74) is 0. The molecule has 1 rings (SSSR count). The number of esters is 1. The lowest BCUT2D eigenvalue weighted by molar-refractivity contribution is -0.155. The van der Waals surface area contributed by atoms with Crippen molar-refractivity contribution in [2.45, 2.75) is 50.9 Å². The fraction of sp³-hybridized carbons (Fsp3) is 0.727. The van der Waals surface area contributed by atoms with Gasteiger partial charge in [0.2, 0.25) is 0 Å². The molecular formula is C11H18O4. The summed E-state index contributed by atoms with van der Waals surface area (Å²) in [6.45, 7) is 2.02. The third kappa shape index (κ3) is 3.64. The van der Waals surface area contributed by atoms with Crippen molar-refractivity contribution in [2.75, 3.05) is 0 Å². The molecule has 4 nitrogen and oxygen atoms in total. The molecule has 0 unspecified atom stereocenters. The number of cyclic esters (lactones) is 1. The molecule has 0 aromatic rings. The van der Waals surface area contributed by atoms with Gasteiger partial charge in [0.15, 0.2) is 0 Å². The van der Waals surface area contributed by atoms with Crippen molar-refractivity contribution < 1.29 is 19.7 Å². The lowest BCUT2D eigenvalue weighted by Crippen LogP contribution is -2.40. The van der Waals surface area contributed by atoms with E-state index in [0.29, 0.717) is 12.8 Å². The van der Waals surface area contributed by atoms with Gasteiger partial charge in [-0.15, -0.1) is 0 Å². The normalized spacial score (nSPS) is 24.7. The van der Waals surface area contributed by atoms with E-state index >= 15 is 0 Å². The van der Waals surface area contributed by atoms with Gasteiger partial charge in [0.05, 0.1) is 6.10 Å². The molecule has 0 aromatic carbocycles. The molecule has 0 saturated heterocycles. The smallest absolute Gasteiger partial charge is 0.330 e. The maximum absolute atomic E-state index is 10.9. The van der Waals surface area contributed by atoms with E-state index in [1.807, 2.05) is 6.92 Å². The molecule has 15 heavy (non-hydrogen) atoms. The second kappa shape index (κ2) is 5.88. The molecule has 1 heterocycles. The van der Waals surface area contributed by atoms with E-state index in [9.17, 15) is 15.0 Å². The van der Waals surface area contributed by atoms with E-state index < -0.39 is 24.3 Å². The molecule has 1 aliphatic heterocycles. The molecular weight excluding hydrogens is 196 g/mol. The number of carbonyl (C=O) groups excluding carboxylic acids is 1. The predicted octanol–water partition coefficient (Wildman–Crippen LogP) is 0.770. The highest BCUT2D eigenvalue weighted by molar-refractivity contribution is 5.82. The van der Waals surface area contributed by atoms with Gasteiger partial charge in [0, 0.05) is 12.5 Å². The zero-order chi connectivity index (χ0) is 11.3. The maximum atomic E-state index is 10.9. The Bertz CT molecular complexity index is 237. The maximum Gasteiger partial charge on any atom is 0.330 e. The minimum atomic E-state index is -0.981. The molecule has 0 fully saturated rings. The zero-order valence-corrected chi connectivity index (χ0v) is 8.93. The molecule has 0 saturated carbocycles. The summed E-state index contributed by atoms with van der Waals surface area (Å²) < 4.78 is 4.91.